The second kappa shape index (κ2) is 4.97. The number of nitrogens with one attached hydrogen (secondary N) is 1. The Hall–Kier alpha value is -0.890. The van der Waals surface area contributed by atoms with Gasteiger partial charge in [0.15, 0.2) is 0 Å². The van der Waals surface area contributed by atoms with Crippen LogP contribution < -0.4 is 5.32 Å². The summed E-state index contributed by atoms with van der Waals surface area (Å²) in [6.07, 6.45) is 4.79. The van der Waals surface area contributed by atoms with E-state index in [-0.39, 0.29) is 0 Å². The van der Waals surface area contributed by atoms with Crippen molar-refractivity contribution in [1.29, 1.82) is 0 Å². The Balaban J connectivity index is 2.41. The van der Waals surface area contributed by atoms with E-state index in [4.69, 9.17) is 0 Å². The van der Waals surface area contributed by atoms with E-state index in [1.165, 1.54) is 5.56 Å². The van der Waals surface area contributed by atoms with Gasteiger partial charge in [0.1, 0.15) is 0 Å². The molecule has 13 heavy (non-hydrogen) atoms. The lowest BCUT2D eigenvalue weighted by atomic mass is 10.1. The van der Waals surface area contributed by atoms with Gasteiger partial charge in [-0.3, -0.25) is 4.98 Å². The Morgan fingerprint density at radius 2 is 2.15 bits per heavy atom. The van der Waals surface area contributed by atoms with Crippen LogP contribution in [0.5, 0.6) is 0 Å². The Morgan fingerprint density at radius 3 is 2.69 bits per heavy atom. The van der Waals surface area contributed by atoms with E-state index in [9.17, 15) is 0 Å². The molecule has 0 aromatic carbocycles. The van der Waals surface area contributed by atoms with Gasteiger partial charge >= 0.3 is 0 Å². The molecule has 0 saturated carbocycles. The Bertz CT molecular complexity index is 231. The van der Waals surface area contributed by atoms with E-state index in [1.54, 1.807) is 0 Å². The smallest absolute Gasteiger partial charge is 0.0300 e. The minimum atomic E-state index is 0.518. The molecule has 0 radical (unpaired) electrons. The first-order chi connectivity index (χ1) is 6.18. The van der Waals surface area contributed by atoms with Gasteiger partial charge in [-0.1, -0.05) is 19.9 Å². The molecule has 0 saturated heterocycles. The van der Waals surface area contributed by atoms with Gasteiger partial charge in [-0.15, -0.1) is 0 Å². The number of aromatic nitrogens is 1. The van der Waals surface area contributed by atoms with Crippen molar-refractivity contribution < 1.29 is 0 Å². The summed E-state index contributed by atoms with van der Waals surface area (Å²) in [5, 5.41) is 3.46. The van der Waals surface area contributed by atoms with Crippen LogP contribution in [0.3, 0.4) is 0 Å². The summed E-state index contributed by atoms with van der Waals surface area (Å²) in [6.45, 7) is 6.53. The van der Waals surface area contributed by atoms with E-state index in [2.05, 4.69) is 37.1 Å². The Morgan fingerprint density at radius 1 is 1.38 bits per heavy atom. The van der Waals surface area contributed by atoms with E-state index in [0.717, 1.165) is 6.42 Å². The topological polar surface area (TPSA) is 24.9 Å². The standard InChI is InChI=1S/C11H18N2/c1-9(2)13-10(3)7-11-5-4-6-12-8-11/h4-6,8-10,13H,7H2,1-3H3. The molecule has 1 rings (SSSR count). The molecule has 0 aliphatic heterocycles. The summed E-state index contributed by atoms with van der Waals surface area (Å²) >= 11 is 0. The Labute approximate surface area is 80.4 Å². The lowest BCUT2D eigenvalue weighted by molar-refractivity contribution is 0.487. The van der Waals surface area contributed by atoms with Gasteiger partial charge in [0.25, 0.3) is 0 Å². The maximum atomic E-state index is 4.09. The molecule has 2 nitrogen and oxygen atoms in total. The largest absolute Gasteiger partial charge is 0.312 e. The number of rotatable bonds is 4. The van der Waals surface area contributed by atoms with Crippen LogP contribution >= 0.6 is 0 Å². The number of pyridine rings is 1. The van der Waals surface area contributed by atoms with Crippen LogP contribution in [0.1, 0.15) is 26.3 Å². The van der Waals surface area contributed by atoms with Crippen LogP contribution in [-0.2, 0) is 6.42 Å². The molecule has 1 atom stereocenters. The fourth-order valence-electron chi connectivity index (χ4n) is 1.50. The van der Waals surface area contributed by atoms with E-state index in [1.807, 2.05) is 18.5 Å². The lowest BCUT2D eigenvalue weighted by Crippen LogP contribution is -2.33. The van der Waals surface area contributed by atoms with Gasteiger partial charge in [-0.2, -0.15) is 0 Å². The molecule has 1 aromatic rings. The second-order valence-corrected chi connectivity index (χ2v) is 3.79. The van der Waals surface area contributed by atoms with E-state index < -0.39 is 0 Å². The van der Waals surface area contributed by atoms with Crippen LogP contribution in [0.2, 0.25) is 0 Å². The van der Waals surface area contributed by atoms with Crippen molar-refractivity contribution in [3.8, 4) is 0 Å². The number of hydrogen-bond donors (Lipinski definition) is 1. The summed E-state index contributed by atoms with van der Waals surface area (Å²) in [5.74, 6) is 0. The number of hydrogen-bond acceptors (Lipinski definition) is 2. The maximum absolute atomic E-state index is 4.09. The van der Waals surface area contributed by atoms with E-state index in [0.29, 0.717) is 12.1 Å². The van der Waals surface area contributed by atoms with Gasteiger partial charge in [0, 0.05) is 24.5 Å². The molecule has 0 aliphatic carbocycles. The molecule has 2 heteroatoms. The normalized spacial score (nSPS) is 13.2. The summed E-state index contributed by atoms with van der Waals surface area (Å²) in [5.41, 5.74) is 1.29. The van der Waals surface area contributed by atoms with Gasteiger partial charge in [-0.05, 0) is 25.0 Å². The first kappa shape index (κ1) is 10.2. The third-order valence-electron chi connectivity index (χ3n) is 1.88. The van der Waals surface area contributed by atoms with Crippen molar-refractivity contribution >= 4 is 0 Å². The third kappa shape index (κ3) is 4.04. The Kier molecular flexibility index (Phi) is 3.90. The molecule has 0 aliphatic rings. The molecule has 0 bridgehead atoms. The fraction of sp³-hybridized carbons (Fsp3) is 0.545. The summed E-state index contributed by atoms with van der Waals surface area (Å²) in [4.78, 5) is 4.09. The lowest BCUT2D eigenvalue weighted by Gasteiger charge is -2.16. The molecule has 1 heterocycles. The molecule has 0 fully saturated rings. The summed E-state index contributed by atoms with van der Waals surface area (Å²) in [7, 11) is 0. The minimum absolute atomic E-state index is 0.518. The van der Waals surface area contributed by atoms with Crippen LogP contribution in [-0.4, -0.2) is 17.1 Å². The fourth-order valence-corrected chi connectivity index (χ4v) is 1.50. The van der Waals surface area contributed by atoms with Crippen LogP contribution in [0.4, 0.5) is 0 Å². The summed E-state index contributed by atoms with van der Waals surface area (Å²) < 4.78 is 0. The van der Waals surface area contributed by atoms with Crippen LogP contribution in [0.25, 0.3) is 0 Å². The minimum Gasteiger partial charge on any atom is -0.312 e. The average molecular weight is 178 g/mol. The van der Waals surface area contributed by atoms with Crippen molar-refractivity contribution in [1.82, 2.24) is 10.3 Å². The highest BCUT2D eigenvalue weighted by Gasteiger charge is 2.03. The van der Waals surface area contributed by atoms with Crippen molar-refractivity contribution in [3.63, 3.8) is 0 Å². The molecule has 0 amide bonds. The quantitative estimate of drug-likeness (QED) is 0.763. The maximum Gasteiger partial charge on any atom is 0.0300 e. The van der Waals surface area contributed by atoms with Crippen molar-refractivity contribution in [2.24, 2.45) is 0 Å². The predicted molar refractivity (Wildman–Crippen MR) is 55.7 cm³/mol. The molecule has 0 spiro atoms. The predicted octanol–water partition coefficient (Wildman–Crippen LogP) is 2.01. The van der Waals surface area contributed by atoms with E-state index >= 15 is 0 Å². The first-order valence-electron chi connectivity index (χ1n) is 4.83. The van der Waals surface area contributed by atoms with Gasteiger partial charge in [0.05, 0.1) is 0 Å². The molecular formula is C11H18N2. The third-order valence-corrected chi connectivity index (χ3v) is 1.88. The number of nitrogens with zero attached hydrogens (tertiary/aromatic N) is 1. The molecule has 1 N–H and O–H groups in total. The van der Waals surface area contributed by atoms with Gasteiger partial charge in [-0.25, -0.2) is 0 Å². The average Bonchev–Trinajstić information content (AvgIpc) is 2.04. The highest BCUT2D eigenvalue weighted by molar-refractivity contribution is 5.09. The SMILES string of the molecule is CC(C)NC(C)Cc1cccnc1. The van der Waals surface area contributed by atoms with Crippen molar-refractivity contribution in [2.45, 2.75) is 39.3 Å². The highest BCUT2D eigenvalue weighted by atomic mass is 14.9. The molecule has 1 aromatic heterocycles. The first-order valence-corrected chi connectivity index (χ1v) is 4.83. The monoisotopic (exact) mass is 178 g/mol. The van der Waals surface area contributed by atoms with Crippen LogP contribution in [0.15, 0.2) is 24.5 Å². The van der Waals surface area contributed by atoms with Gasteiger partial charge in [0.2, 0.25) is 0 Å². The highest BCUT2D eigenvalue weighted by Crippen LogP contribution is 2.01. The zero-order chi connectivity index (χ0) is 9.68. The van der Waals surface area contributed by atoms with Crippen LogP contribution in [0, 0.1) is 0 Å². The van der Waals surface area contributed by atoms with Crippen molar-refractivity contribution in [2.75, 3.05) is 0 Å². The zero-order valence-electron chi connectivity index (χ0n) is 8.62. The van der Waals surface area contributed by atoms with Crippen molar-refractivity contribution in [3.05, 3.63) is 30.1 Å². The summed E-state index contributed by atoms with van der Waals surface area (Å²) in [6, 6.07) is 5.17. The molecular weight excluding hydrogens is 160 g/mol. The zero-order valence-corrected chi connectivity index (χ0v) is 8.62. The van der Waals surface area contributed by atoms with Gasteiger partial charge < -0.3 is 5.32 Å². The second-order valence-electron chi connectivity index (χ2n) is 3.79. The molecule has 72 valence electrons. The molecule has 1 unspecified atom stereocenters.